The van der Waals surface area contributed by atoms with Crippen LogP contribution in [-0.2, 0) is 4.79 Å². The van der Waals surface area contributed by atoms with Gasteiger partial charge in [0.15, 0.2) is 0 Å². The summed E-state index contributed by atoms with van der Waals surface area (Å²) in [6, 6.07) is 11.3. The summed E-state index contributed by atoms with van der Waals surface area (Å²) in [5, 5.41) is 2.94. The second kappa shape index (κ2) is 9.37. The summed E-state index contributed by atoms with van der Waals surface area (Å²) in [5.41, 5.74) is 1.91. The first-order valence-corrected chi connectivity index (χ1v) is 11.0. The average molecular weight is 423 g/mol. The van der Waals surface area contributed by atoms with E-state index < -0.39 is 0 Å². The van der Waals surface area contributed by atoms with Gasteiger partial charge < -0.3 is 19.9 Å². The molecule has 2 saturated heterocycles. The monoisotopic (exact) mass is 422 g/mol. The topological polar surface area (TPSA) is 74.8 Å². The van der Waals surface area contributed by atoms with Crippen LogP contribution in [0.3, 0.4) is 0 Å². The molecule has 2 fully saturated rings. The predicted octanol–water partition coefficient (Wildman–Crippen LogP) is 3.74. The molecule has 2 aliphatic heterocycles. The van der Waals surface area contributed by atoms with E-state index in [9.17, 15) is 9.59 Å². The molecule has 0 aliphatic carbocycles. The van der Waals surface area contributed by atoms with Gasteiger partial charge in [-0.15, -0.1) is 0 Å². The fourth-order valence-electron chi connectivity index (χ4n) is 4.00. The summed E-state index contributed by atoms with van der Waals surface area (Å²) in [6.45, 7) is 6.79. The SMILES string of the molecule is CC[C@H](C)C(=O)N1CC[C@H](Oc2ccc(NC(=O)N3CC(c4cccnc4)C3)cc2)C1. The Labute approximate surface area is 183 Å². The van der Waals surface area contributed by atoms with Gasteiger partial charge >= 0.3 is 6.03 Å². The van der Waals surface area contributed by atoms with E-state index in [1.165, 1.54) is 5.56 Å². The lowest BCUT2D eigenvalue weighted by molar-refractivity contribution is -0.134. The first-order chi connectivity index (χ1) is 15.0. The molecule has 7 heteroatoms. The van der Waals surface area contributed by atoms with Crippen LogP contribution < -0.4 is 10.1 Å². The van der Waals surface area contributed by atoms with Crippen LogP contribution in [0.25, 0.3) is 0 Å². The molecule has 2 atom stereocenters. The van der Waals surface area contributed by atoms with Gasteiger partial charge in [0.05, 0.1) is 6.54 Å². The van der Waals surface area contributed by atoms with Crippen LogP contribution in [-0.4, -0.2) is 59.0 Å². The molecule has 0 saturated carbocycles. The molecule has 0 bridgehead atoms. The Bertz CT molecular complexity index is 897. The van der Waals surface area contributed by atoms with Gasteiger partial charge in [0.25, 0.3) is 0 Å². The zero-order chi connectivity index (χ0) is 21.8. The van der Waals surface area contributed by atoms with Gasteiger partial charge in [-0.2, -0.15) is 0 Å². The van der Waals surface area contributed by atoms with Crippen LogP contribution in [0.5, 0.6) is 5.75 Å². The van der Waals surface area contributed by atoms with Crippen molar-refractivity contribution in [3.8, 4) is 5.75 Å². The highest BCUT2D eigenvalue weighted by Crippen LogP contribution is 2.27. The average Bonchev–Trinajstić information content (AvgIpc) is 3.22. The summed E-state index contributed by atoms with van der Waals surface area (Å²) < 4.78 is 6.05. The Morgan fingerprint density at radius 3 is 2.61 bits per heavy atom. The van der Waals surface area contributed by atoms with E-state index in [-0.39, 0.29) is 24.0 Å². The zero-order valence-electron chi connectivity index (χ0n) is 18.2. The summed E-state index contributed by atoms with van der Waals surface area (Å²) in [6.07, 6.45) is 5.33. The molecule has 4 rings (SSSR count). The molecule has 3 heterocycles. The van der Waals surface area contributed by atoms with Crippen LogP contribution in [0.4, 0.5) is 10.5 Å². The molecule has 0 spiro atoms. The quantitative estimate of drug-likeness (QED) is 0.770. The van der Waals surface area contributed by atoms with Crippen LogP contribution in [0.15, 0.2) is 48.8 Å². The van der Waals surface area contributed by atoms with Crippen molar-refractivity contribution in [1.29, 1.82) is 0 Å². The van der Waals surface area contributed by atoms with Gasteiger partial charge in [-0.25, -0.2) is 4.79 Å². The molecular weight excluding hydrogens is 392 g/mol. The zero-order valence-corrected chi connectivity index (χ0v) is 18.2. The summed E-state index contributed by atoms with van der Waals surface area (Å²) in [4.78, 5) is 32.6. The third-order valence-corrected chi connectivity index (χ3v) is 6.22. The molecule has 7 nitrogen and oxygen atoms in total. The number of carbonyl (C=O) groups excluding carboxylic acids is 2. The molecule has 0 unspecified atom stereocenters. The number of likely N-dealkylation sites (tertiary alicyclic amines) is 2. The lowest BCUT2D eigenvalue weighted by Gasteiger charge is -2.39. The molecule has 0 radical (unpaired) electrons. The van der Waals surface area contributed by atoms with Gasteiger partial charge in [-0.3, -0.25) is 9.78 Å². The number of rotatable bonds is 6. The van der Waals surface area contributed by atoms with Crippen molar-refractivity contribution >= 4 is 17.6 Å². The fourth-order valence-corrected chi connectivity index (χ4v) is 4.00. The normalized spacial score (nSPS) is 19.6. The Morgan fingerprint density at radius 1 is 1.16 bits per heavy atom. The lowest BCUT2D eigenvalue weighted by atomic mass is 9.93. The van der Waals surface area contributed by atoms with Gasteiger partial charge in [0.2, 0.25) is 5.91 Å². The van der Waals surface area contributed by atoms with Crippen molar-refractivity contribution in [2.24, 2.45) is 5.92 Å². The van der Waals surface area contributed by atoms with Crippen molar-refractivity contribution in [3.05, 3.63) is 54.4 Å². The standard InChI is InChI=1S/C24H30N4O3/c1-3-17(2)23(29)27-12-10-22(16-27)31-21-8-6-20(7-9-21)26-24(30)28-14-19(15-28)18-5-4-11-25-13-18/h4-9,11,13,17,19,22H,3,10,12,14-16H2,1-2H3,(H,26,30)/t17-,22-/m0/s1. The van der Waals surface area contributed by atoms with E-state index in [0.717, 1.165) is 30.8 Å². The number of amides is 3. The van der Waals surface area contributed by atoms with Crippen molar-refractivity contribution in [2.75, 3.05) is 31.5 Å². The van der Waals surface area contributed by atoms with Crippen LogP contribution in [0.1, 0.15) is 38.2 Å². The highest BCUT2D eigenvalue weighted by molar-refractivity contribution is 5.90. The van der Waals surface area contributed by atoms with Crippen molar-refractivity contribution < 1.29 is 14.3 Å². The van der Waals surface area contributed by atoms with Crippen LogP contribution in [0, 0.1) is 5.92 Å². The second-order valence-corrected chi connectivity index (χ2v) is 8.46. The minimum absolute atomic E-state index is 0.0129. The molecular formula is C24H30N4O3. The van der Waals surface area contributed by atoms with E-state index >= 15 is 0 Å². The Morgan fingerprint density at radius 2 is 1.94 bits per heavy atom. The Balaban J connectivity index is 1.23. The number of hydrogen-bond acceptors (Lipinski definition) is 4. The number of benzene rings is 1. The van der Waals surface area contributed by atoms with E-state index in [0.29, 0.717) is 25.6 Å². The number of anilines is 1. The number of hydrogen-bond donors (Lipinski definition) is 1. The molecule has 2 aromatic rings. The van der Waals surface area contributed by atoms with E-state index in [1.54, 1.807) is 11.1 Å². The minimum atomic E-state index is -0.0937. The Hall–Kier alpha value is -3.09. The molecule has 3 amide bonds. The number of aromatic nitrogens is 1. The van der Waals surface area contributed by atoms with Gasteiger partial charge in [0.1, 0.15) is 11.9 Å². The number of nitrogens with one attached hydrogen (secondary N) is 1. The second-order valence-electron chi connectivity index (χ2n) is 8.46. The first-order valence-electron chi connectivity index (χ1n) is 11.0. The maximum Gasteiger partial charge on any atom is 0.321 e. The lowest BCUT2D eigenvalue weighted by Crippen LogP contribution is -2.50. The van der Waals surface area contributed by atoms with Crippen molar-refractivity contribution in [3.63, 3.8) is 0 Å². The molecule has 2 aliphatic rings. The molecule has 1 aromatic heterocycles. The fraction of sp³-hybridized carbons (Fsp3) is 0.458. The van der Waals surface area contributed by atoms with Gasteiger partial charge in [0, 0.05) is 56.0 Å². The maximum absolute atomic E-state index is 12.4. The maximum atomic E-state index is 12.4. The summed E-state index contributed by atoms with van der Waals surface area (Å²) in [7, 11) is 0. The highest BCUT2D eigenvalue weighted by Gasteiger charge is 2.32. The third-order valence-electron chi connectivity index (χ3n) is 6.22. The van der Waals surface area contributed by atoms with E-state index in [2.05, 4.69) is 16.4 Å². The van der Waals surface area contributed by atoms with Crippen LogP contribution >= 0.6 is 0 Å². The molecule has 164 valence electrons. The summed E-state index contributed by atoms with van der Waals surface area (Å²) >= 11 is 0. The van der Waals surface area contributed by atoms with Gasteiger partial charge in [-0.05, 0) is 42.3 Å². The first kappa shape index (κ1) is 21.2. The smallest absolute Gasteiger partial charge is 0.321 e. The Kier molecular flexibility index (Phi) is 6.39. The third kappa shape index (κ3) is 4.98. The number of nitrogens with zero attached hydrogens (tertiary/aromatic N) is 3. The predicted molar refractivity (Wildman–Crippen MR) is 119 cm³/mol. The summed E-state index contributed by atoms with van der Waals surface area (Å²) in [5.74, 6) is 1.38. The largest absolute Gasteiger partial charge is 0.489 e. The number of pyridine rings is 1. The highest BCUT2D eigenvalue weighted by atomic mass is 16.5. The van der Waals surface area contributed by atoms with E-state index in [1.807, 2.05) is 55.3 Å². The number of carbonyl (C=O) groups is 2. The number of urea groups is 1. The van der Waals surface area contributed by atoms with E-state index in [4.69, 9.17) is 4.74 Å². The van der Waals surface area contributed by atoms with Gasteiger partial charge in [-0.1, -0.05) is 19.9 Å². The molecule has 31 heavy (non-hydrogen) atoms. The minimum Gasteiger partial charge on any atom is -0.489 e. The molecule has 1 aromatic carbocycles. The van der Waals surface area contributed by atoms with Crippen molar-refractivity contribution in [2.45, 2.75) is 38.7 Å². The molecule has 1 N–H and O–H groups in total. The van der Waals surface area contributed by atoms with Crippen LogP contribution in [0.2, 0.25) is 0 Å². The number of ether oxygens (including phenoxy) is 1. The van der Waals surface area contributed by atoms with Crippen molar-refractivity contribution in [1.82, 2.24) is 14.8 Å².